The van der Waals surface area contributed by atoms with Crippen molar-refractivity contribution in [3.05, 3.63) is 65.5 Å². The van der Waals surface area contributed by atoms with Gasteiger partial charge in [-0.2, -0.15) is 13.2 Å². The van der Waals surface area contributed by atoms with Gasteiger partial charge in [-0.15, -0.1) is 0 Å². The Morgan fingerprint density at radius 3 is 2.15 bits per heavy atom. The number of hydrogen-bond acceptors (Lipinski definition) is 2. The number of nitrogens with zero attached hydrogens (tertiary/aromatic N) is 1. The fourth-order valence-corrected chi connectivity index (χ4v) is 2.05. The summed E-state index contributed by atoms with van der Waals surface area (Å²) in [6.07, 6.45) is -0.188. The summed E-state index contributed by atoms with van der Waals surface area (Å²) in [6, 6.07) is 9.04. The lowest BCUT2D eigenvalue weighted by atomic mass is 9.98. The molecule has 106 valence electrons. The van der Waals surface area contributed by atoms with Gasteiger partial charge in [-0.05, 0) is 48.9 Å². The molecule has 1 N–H and O–H groups in total. The number of rotatable bonds is 4. The summed E-state index contributed by atoms with van der Waals surface area (Å²) in [5.74, 6) is 0. The maximum Gasteiger partial charge on any atom is 0.416 e. The standard InChI is InChI=1S/C15H15F3N2/c1-19-14(10-11-6-8-20-9-7-11)12-2-4-13(5-3-12)15(16,17)18/h2-9,14,19H,10H2,1H3. The Balaban J connectivity index is 2.16. The van der Waals surface area contributed by atoms with Crippen LogP contribution in [-0.4, -0.2) is 12.0 Å². The first-order valence-corrected chi connectivity index (χ1v) is 6.24. The maximum absolute atomic E-state index is 12.5. The van der Waals surface area contributed by atoms with E-state index >= 15 is 0 Å². The van der Waals surface area contributed by atoms with Gasteiger partial charge in [-0.1, -0.05) is 12.1 Å². The topological polar surface area (TPSA) is 24.9 Å². The molecule has 2 aromatic rings. The second-order valence-corrected chi connectivity index (χ2v) is 4.52. The molecule has 0 aliphatic rings. The maximum atomic E-state index is 12.5. The van der Waals surface area contributed by atoms with E-state index in [0.29, 0.717) is 6.42 Å². The van der Waals surface area contributed by atoms with Crippen molar-refractivity contribution in [2.24, 2.45) is 0 Å². The molecule has 20 heavy (non-hydrogen) atoms. The summed E-state index contributed by atoms with van der Waals surface area (Å²) in [5.41, 5.74) is 1.29. The monoisotopic (exact) mass is 280 g/mol. The Hall–Kier alpha value is -1.88. The Morgan fingerprint density at radius 2 is 1.65 bits per heavy atom. The summed E-state index contributed by atoms with van der Waals surface area (Å²) in [7, 11) is 1.80. The van der Waals surface area contributed by atoms with Gasteiger partial charge < -0.3 is 5.32 Å². The molecule has 0 fully saturated rings. The minimum absolute atomic E-state index is 0.0281. The van der Waals surface area contributed by atoms with Crippen LogP contribution in [0.15, 0.2) is 48.8 Å². The van der Waals surface area contributed by atoms with E-state index in [0.717, 1.165) is 23.3 Å². The zero-order chi connectivity index (χ0) is 14.6. The van der Waals surface area contributed by atoms with Gasteiger partial charge in [0.05, 0.1) is 5.56 Å². The SMILES string of the molecule is CNC(Cc1ccncc1)c1ccc(C(F)(F)F)cc1. The molecule has 0 saturated carbocycles. The third kappa shape index (κ3) is 3.57. The molecule has 0 aliphatic carbocycles. The van der Waals surface area contributed by atoms with Crippen LogP contribution in [0.3, 0.4) is 0 Å². The van der Waals surface area contributed by atoms with Crippen LogP contribution in [0.5, 0.6) is 0 Å². The normalized spacial score (nSPS) is 13.2. The predicted octanol–water partition coefficient (Wildman–Crippen LogP) is 3.60. The average molecular weight is 280 g/mol. The molecule has 1 unspecified atom stereocenters. The van der Waals surface area contributed by atoms with Crippen molar-refractivity contribution in [3.63, 3.8) is 0 Å². The number of halogens is 3. The van der Waals surface area contributed by atoms with Crippen molar-refractivity contribution in [3.8, 4) is 0 Å². The number of likely N-dealkylation sites (N-methyl/N-ethyl adjacent to an activating group) is 1. The van der Waals surface area contributed by atoms with Crippen molar-refractivity contribution in [1.29, 1.82) is 0 Å². The Morgan fingerprint density at radius 1 is 1.05 bits per heavy atom. The van der Waals surface area contributed by atoms with Gasteiger partial charge in [0.25, 0.3) is 0 Å². The van der Waals surface area contributed by atoms with Gasteiger partial charge >= 0.3 is 6.18 Å². The first-order valence-electron chi connectivity index (χ1n) is 6.24. The van der Waals surface area contributed by atoms with Crippen molar-refractivity contribution in [1.82, 2.24) is 10.3 Å². The lowest BCUT2D eigenvalue weighted by molar-refractivity contribution is -0.137. The molecule has 2 rings (SSSR count). The lowest BCUT2D eigenvalue weighted by Crippen LogP contribution is -2.19. The van der Waals surface area contributed by atoms with Gasteiger partial charge in [0.2, 0.25) is 0 Å². The Labute approximate surface area is 115 Å². The second-order valence-electron chi connectivity index (χ2n) is 4.52. The van der Waals surface area contributed by atoms with E-state index in [1.807, 2.05) is 12.1 Å². The van der Waals surface area contributed by atoms with Crippen LogP contribution in [0.25, 0.3) is 0 Å². The number of aromatic nitrogens is 1. The largest absolute Gasteiger partial charge is 0.416 e. The van der Waals surface area contributed by atoms with E-state index in [9.17, 15) is 13.2 Å². The van der Waals surface area contributed by atoms with Gasteiger partial charge in [-0.25, -0.2) is 0 Å². The van der Waals surface area contributed by atoms with E-state index < -0.39 is 11.7 Å². The molecule has 0 radical (unpaired) electrons. The fourth-order valence-electron chi connectivity index (χ4n) is 2.05. The average Bonchev–Trinajstić information content (AvgIpc) is 2.45. The number of nitrogens with one attached hydrogen (secondary N) is 1. The van der Waals surface area contributed by atoms with Crippen LogP contribution in [-0.2, 0) is 12.6 Å². The molecule has 1 aromatic heterocycles. The van der Waals surface area contributed by atoms with Gasteiger partial charge in [0.1, 0.15) is 0 Å². The summed E-state index contributed by atoms with van der Waals surface area (Å²) in [4.78, 5) is 3.94. The van der Waals surface area contributed by atoms with Crippen LogP contribution in [0.2, 0.25) is 0 Å². The highest BCUT2D eigenvalue weighted by molar-refractivity contribution is 5.28. The third-order valence-electron chi connectivity index (χ3n) is 3.18. The number of hydrogen-bond donors (Lipinski definition) is 1. The quantitative estimate of drug-likeness (QED) is 0.925. The van der Waals surface area contributed by atoms with Gasteiger partial charge in [0, 0.05) is 18.4 Å². The third-order valence-corrected chi connectivity index (χ3v) is 3.18. The molecule has 0 saturated heterocycles. The van der Waals surface area contributed by atoms with E-state index in [1.54, 1.807) is 19.4 Å². The zero-order valence-corrected chi connectivity index (χ0v) is 11.0. The van der Waals surface area contributed by atoms with Crippen LogP contribution < -0.4 is 5.32 Å². The fraction of sp³-hybridized carbons (Fsp3) is 0.267. The van der Waals surface area contributed by atoms with Crippen LogP contribution in [0.1, 0.15) is 22.7 Å². The Bertz CT molecular complexity index is 535. The van der Waals surface area contributed by atoms with E-state index in [4.69, 9.17) is 0 Å². The van der Waals surface area contributed by atoms with Crippen molar-refractivity contribution < 1.29 is 13.2 Å². The number of benzene rings is 1. The van der Waals surface area contributed by atoms with Gasteiger partial charge in [-0.3, -0.25) is 4.98 Å². The molecule has 1 heterocycles. The van der Waals surface area contributed by atoms with Gasteiger partial charge in [0.15, 0.2) is 0 Å². The van der Waals surface area contributed by atoms with Crippen molar-refractivity contribution in [2.45, 2.75) is 18.6 Å². The van der Waals surface area contributed by atoms with Crippen molar-refractivity contribution in [2.75, 3.05) is 7.05 Å². The van der Waals surface area contributed by atoms with E-state index in [-0.39, 0.29) is 6.04 Å². The highest BCUT2D eigenvalue weighted by atomic mass is 19.4. The molecule has 5 heteroatoms. The predicted molar refractivity (Wildman–Crippen MR) is 71.2 cm³/mol. The van der Waals surface area contributed by atoms with Crippen LogP contribution >= 0.6 is 0 Å². The molecule has 0 amide bonds. The highest BCUT2D eigenvalue weighted by Gasteiger charge is 2.30. The van der Waals surface area contributed by atoms with Crippen molar-refractivity contribution >= 4 is 0 Å². The molecular weight excluding hydrogens is 265 g/mol. The molecule has 1 aromatic carbocycles. The minimum atomic E-state index is -4.29. The molecule has 1 atom stereocenters. The number of pyridine rings is 1. The molecule has 0 spiro atoms. The Kier molecular flexibility index (Phi) is 4.39. The molecule has 0 bridgehead atoms. The second kappa shape index (κ2) is 6.05. The highest BCUT2D eigenvalue weighted by Crippen LogP contribution is 2.30. The summed E-state index contributed by atoms with van der Waals surface area (Å²) in [6.45, 7) is 0. The van der Waals surface area contributed by atoms with E-state index in [1.165, 1.54) is 12.1 Å². The van der Waals surface area contributed by atoms with Crippen LogP contribution in [0.4, 0.5) is 13.2 Å². The first kappa shape index (κ1) is 14.5. The van der Waals surface area contributed by atoms with Crippen LogP contribution in [0, 0.1) is 0 Å². The molecule has 0 aliphatic heterocycles. The smallest absolute Gasteiger partial charge is 0.313 e. The zero-order valence-electron chi connectivity index (χ0n) is 11.0. The summed E-state index contributed by atoms with van der Waals surface area (Å²) < 4.78 is 37.6. The first-order chi connectivity index (χ1) is 9.50. The summed E-state index contributed by atoms with van der Waals surface area (Å²) >= 11 is 0. The lowest BCUT2D eigenvalue weighted by Gasteiger charge is -2.17. The van der Waals surface area contributed by atoms with E-state index in [2.05, 4.69) is 10.3 Å². The minimum Gasteiger partial charge on any atom is -0.313 e. The molecular formula is C15H15F3N2. The molecule has 2 nitrogen and oxygen atoms in total. The number of alkyl halides is 3. The summed E-state index contributed by atoms with van der Waals surface area (Å²) in [5, 5.41) is 3.12.